The summed E-state index contributed by atoms with van der Waals surface area (Å²) in [6.07, 6.45) is 0. The highest BCUT2D eigenvalue weighted by atomic mass is 32.2. The smallest absolute Gasteiger partial charge is 0.251 e. The number of amides is 1. The van der Waals surface area contributed by atoms with Crippen LogP contribution in [0.15, 0.2) is 71.6 Å². The molecule has 0 saturated heterocycles. The minimum atomic E-state index is -3.26. The van der Waals surface area contributed by atoms with Gasteiger partial charge >= 0.3 is 0 Å². The molecule has 0 radical (unpaired) electrons. The molecule has 0 bridgehead atoms. The Balaban J connectivity index is 1.55. The second kappa shape index (κ2) is 8.22. The van der Waals surface area contributed by atoms with Crippen LogP contribution in [0.25, 0.3) is 10.8 Å². The lowest BCUT2D eigenvalue weighted by molar-refractivity contribution is 0.0947. The van der Waals surface area contributed by atoms with Crippen LogP contribution >= 0.6 is 0 Å². The van der Waals surface area contributed by atoms with Gasteiger partial charge in [-0.1, -0.05) is 43.3 Å². The van der Waals surface area contributed by atoms with Gasteiger partial charge in [0.1, 0.15) is 12.4 Å². The highest BCUT2D eigenvalue weighted by Gasteiger charge is 2.12. The average molecular weight is 383 g/mol. The van der Waals surface area contributed by atoms with Crippen molar-refractivity contribution in [3.63, 3.8) is 0 Å². The number of fused-ring (bicyclic) bond motifs is 1. The molecule has 0 aliphatic carbocycles. The molecule has 0 aromatic heterocycles. The van der Waals surface area contributed by atoms with E-state index in [1.54, 1.807) is 6.92 Å². The average Bonchev–Trinajstić information content (AvgIpc) is 2.71. The molecular weight excluding hydrogens is 362 g/mol. The monoisotopic (exact) mass is 383 g/mol. The van der Waals surface area contributed by atoms with Crippen LogP contribution in [0, 0.1) is 0 Å². The lowest BCUT2D eigenvalue weighted by atomic mass is 10.1. The summed E-state index contributed by atoms with van der Waals surface area (Å²) in [4.78, 5) is 12.4. The van der Waals surface area contributed by atoms with Gasteiger partial charge in [0, 0.05) is 10.9 Å². The molecule has 0 aliphatic heterocycles. The zero-order valence-corrected chi connectivity index (χ0v) is 15.8. The van der Waals surface area contributed by atoms with Crippen LogP contribution in [0.2, 0.25) is 0 Å². The Morgan fingerprint density at radius 1 is 0.963 bits per heavy atom. The first-order chi connectivity index (χ1) is 13.0. The van der Waals surface area contributed by atoms with E-state index < -0.39 is 9.84 Å². The first kappa shape index (κ1) is 18.9. The number of carbonyl (C=O) groups is 1. The van der Waals surface area contributed by atoms with Gasteiger partial charge in [0.15, 0.2) is 9.84 Å². The third kappa shape index (κ3) is 4.46. The molecule has 0 saturated carbocycles. The fourth-order valence-electron chi connectivity index (χ4n) is 2.73. The van der Waals surface area contributed by atoms with Crippen LogP contribution in [-0.4, -0.2) is 33.2 Å². The summed E-state index contributed by atoms with van der Waals surface area (Å²) in [5, 5.41) is 4.90. The summed E-state index contributed by atoms with van der Waals surface area (Å²) in [5.74, 6) is 0.540. The van der Waals surface area contributed by atoms with Crippen LogP contribution in [-0.2, 0) is 9.84 Å². The Labute approximate surface area is 158 Å². The second-order valence-electron chi connectivity index (χ2n) is 6.01. The van der Waals surface area contributed by atoms with E-state index >= 15 is 0 Å². The van der Waals surface area contributed by atoms with E-state index in [2.05, 4.69) is 5.32 Å². The molecule has 3 aromatic carbocycles. The van der Waals surface area contributed by atoms with Gasteiger partial charge in [0.05, 0.1) is 17.2 Å². The van der Waals surface area contributed by atoms with E-state index in [4.69, 9.17) is 4.74 Å². The lowest BCUT2D eigenvalue weighted by Gasteiger charge is -2.10. The zero-order chi connectivity index (χ0) is 19.3. The summed E-state index contributed by atoms with van der Waals surface area (Å²) in [5.41, 5.74) is 0.412. The van der Waals surface area contributed by atoms with Crippen molar-refractivity contribution in [1.29, 1.82) is 0 Å². The number of ether oxygens (including phenoxy) is 1. The largest absolute Gasteiger partial charge is 0.491 e. The molecule has 0 atom stereocenters. The van der Waals surface area contributed by atoms with Crippen molar-refractivity contribution in [2.24, 2.45) is 0 Å². The van der Waals surface area contributed by atoms with Crippen molar-refractivity contribution in [2.45, 2.75) is 11.8 Å². The topological polar surface area (TPSA) is 72.5 Å². The van der Waals surface area contributed by atoms with Gasteiger partial charge in [-0.05, 0) is 35.7 Å². The molecule has 3 rings (SSSR count). The minimum Gasteiger partial charge on any atom is -0.491 e. The van der Waals surface area contributed by atoms with E-state index in [1.807, 2.05) is 42.5 Å². The first-order valence-electron chi connectivity index (χ1n) is 8.73. The standard InChI is InChI=1S/C21H21NO4S/c1-2-27(24,25)18-12-10-17(11-13-18)21(23)22-14-15-26-20-9-5-7-16-6-3-4-8-19(16)20/h3-13H,2,14-15H2,1H3,(H,22,23). The maximum atomic E-state index is 12.2. The minimum absolute atomic E-state index is 0.0318. The molecule has 0 aliphatic rings. The molecular formula is C21H21NO4S. The highest BCUT2D eigenvalue weighted by Crippen LogP contribution is 2.24. The number of hydrogen-bond donors (Lipinski definition) is 1. The molecule has 0 heterocycles. The summed E-state index contributed by atoms with van der Waals surface area (Å²) < 4.78 is 29.4. The SMILES string of the molecule is CCS(=O)(=O)c1ccc(C(=O)NCCOc2cccc3ccccc23)cc1. The number of carbonyl (C=O) groups excluding carboxylic acids is 1. The lowest BCUT2D eigenvalue weighted by Crippen LogP contribution is -2.28. The van der Waals surface area contributed by atoms with Crippen molar-refractivity contribution in [3.05, 3.63) is 72.3 Å². The Bertz CT molecular complexity index is 1040. The van der Waals surface area contributed by atoms with Crippen molar-refractivity contribution < 1.29 is 17.9 Å². The summed E-state index contributed by atoms with van der Waals surface area (Å²) in [6, 6.07) is 19.8. The van der Waals surface area contributed by atoms with Crippen LogP contribution in [0.5, 0.6) is 5.75 Å². The Hall–Kier alpha value is -2.86. The third-order valence-electron chi connectivity index (χ3n) is 4.25. The van der Waals surface area contributed by atoms with Gasteiger partial charge in [-0.25, -0.2) is 8.42 Å². The normalized spacial score (nSPS) is 11.3. The molecule has 6 heteroatoms. The summed E-state index contributed by atoms with van der Waals surface area (Å²) >= 11 is 0. The first-order valence-corrected chi connectivity index (χ1v) is 10.4. The maximum absolute atomic E-state index is 12.2. The molecule has 3 aromatic rings. The molecule has 27 heavy (non-hydrogen) atoms. The Morgan fingerprint density at radius 2 is 1.67 bits per heavy atom. The number of benzene rings is 3. The zero-order valence-electron chi connectivity index (χ0n) is 15.0. The van der Waals surface area contributed by atoms with Crippen LogP contribution in [0.4, 0.5) is 0 Å². The van der Waals surface area contributed by atoms with Crippen molar-refractivity contribution in [1.82, 2.24) is 5.32 Å². The number of sulfone groups is 1. The van der Waals surface area contributed by atoms with Gasteiger partial charge in [-0.3, -0.25) is 4.79 Å². The fraction of sp³-hybridized carbons (Fsp3) is 0.190. The molecule has 0 unspecified atom stereocenters. The Kier molecular flexibility index (Phi) is 5.76. The molecule has 140 valence electrons. The third-order valence-corrected chi connectivity index (χ3v) is 6.00. The van der Waals surface area contributed by atoms with Crippen molar-refractivity contribution >= 4 is 26.5 Å². The highest BCUT2D eigenvalue weighted by molar-refractivity contribution is 7.91. The predicted octanol–water partition coefficient (Wildman–Crippen LogP) is 3.44. The summed E-state index contributed by atoms with van der Waals surface area (Å²) in [7, 11) is -3.26. The van der Waals surface area contributed by atoms with Gasteiger partial charge in [0.2, 0.25) is 0 Å². The predicted molar refractivity (Wildman–Crippen MR) is 106 cm³/mol. The molecule has 1 N–H and O–H groups in total. The summed E-state index contributed by atoms with van der Waals surface area (Å²) in [6.45, 7) is 2.27. The van der Waals surface area contributed by atoms with E-state index in [1.165, 1.54) is 24.3 Å². The van der Waals surface area contributed by atoms with Crippen LogP contribution in [0.3, 0.4) is 0 Å². The van der Waals surface area contributed by atoms with Gasteiger partial charge in [-0.2, -0.15) is 0 Å². The van der Waals surface area contributed by atoms with Crippen molar-refractivity contribution in [3.8, 4) is 5.75 Å². The van der Waals surface area contributed by atoms with Crippen molar-refractivity contribution in [2.75, 3.05) is 18.9 Å². The van der Waals surface area contributed by atoms with E-state index in [9.17, 15) is 13.2 Å². The number of hydrogen-bond acceptors (Lipinski definition) is 4. The van der Waals surface area contributed by atoms with Crippen LogP contribution < -0.4 is 10.1 Å². The van der Waals surface area contributed by atoms with E-state index in [0.29, 0.717) is 18.7 Å². The fourth-order valence-corrected chi connectivity index (χ4v) is 3.61. The Morgan fingerprint density at radius 3 is 2.41 bits per heavy atom. The van der Waals surface area contributed by atoms with Crippen LogP contribution in [0.1, 0.15) is 17.3 Å². The number of nitrogens with one attached hydrogen (secondary N) is 1. The molecule has 0 fully saturated rings. The molecule has 0 spiro atoms. The van der Waals surface area contributed by atoms with E-state index in [-0.39, 0.29) is 16.6 Å². The van der Waals surface area contributed by atoms with Gasteiger partial charge < -0.3 is 10.1 Å². The maximum Gasteiger partial charge on any atom is 0.251 e. The second-order valence-corrected chi connectivity index (χ2v) is 8.29. The molecule has 1 amide bonds. The van der Waals surface area contributed by atoms with Gasteiger partial charge in [-0.15, -0.1) is 0 Å². The molecule has 5 nitrogen and oxygen atoms in total. The number of rotatable bonds is 7. The van der Waals surface area contributed by atoms with Gasteiger partial charge in [0.25, 0.3) is 5.91 Å². The van der Waals surface area contributed by atoms with E-state index in [0.717, 1.165) is 16.5 Å². The quantitative estimate of drug-likeness (QED) is 0.635.